The van der Waals surface area contributed by atoms with Crippen molar-refractivity contribution in [3.8, 4) is 0 Å². The minimum atomic E-state index is -2.50. The maximum atomic E-state index is 9.75. The van der Waals surface area contributed by atoms with Crippen LogP contribution >= 0.6 is 7.92 Å². The number of hydrogen-bond acceptors (Lipinski definition) is 0. The zero-order valence-corrected chi connectivity index (χ0v) is 18.0. The zero-order valence-electron chi connectivity index (χ0n) is 15.6. The second-order valence-corrected chi connectivity index (χ2v) is 8.89. The summed E-state index contributed by atoms with van der Waals surface area (Å²) in [5.74, 6) is 0. The molecule has 0 aromatic heterocycles. The summed E-state index contributed by atoms with van der Waals surface area (Å²) < 4.78 is 19.5. The Kier molecular flexibility index (Phi) is 8.16. The number of rotatable bonds is 1. The van der Waals surface area contributed by atoms with Crippen LogP contribution in [0.5, 0.6) is 0 Å². The van der Waals surface area contributed by atoms with Crippen LogP contribution in [0.2, 0.25) is 0 Å². The second kappa shape index (κ2) is 10.1. The average molecular weight is 404 g/mol. The summed E-state index contributed by atoms with van der Waals surface area (Å²) in [6.07, 6.45) is 0. The molecule has 0 spiro atoms. The molecule has 0 aliphatic carbocycles. The van der Waals surface area contributed by atoms with Crippen molar-refractivity contribution in [1.29, 1.82) is 0 Å². The number of fused-ring (bicyclic) bond motifs is 2. The number of aryl methyl sites for hydroxylation is 2. The molecule has 0 aliphatic heterocycles. The van der Waals surface area contributed by atoms with Crippen LogP contribution in [0.15, 0.2) is 66.7 Å². The van der Waals surface area contributed by atoms with E-state index in [0.29, 0.717) is 0 Å². The van der Waals surface area contributed by atoms with Gasteiger partial charge >= 0.3 is 26.4 Å². The second-order valence-electron chi connectivity index (χ2n) is 6.36. The molecular weight excluding hydrogens is 381 g/mol. The third-order valence-electron chi connectivity index (χ3n) is 4.37. The first kappa shape index (κ1) is 21.0. The van der Waals surface area contributed by atoms with Gasteiger partial charge in [-0.2, -0.15) is 18.2 Å². The Hall–Kier alpha value is -1.34. The van der Waals surface area contributed by atoms with Crippen molar-refractivity contribution < 1.29 is 26.4 Å². The fourth-order valence-electron chi connectivity index (χ4n) is 2.93. The van der Waals surface area contributed by atoms with Gasteiger partial charge in [-0.25, -0.2) is 0 Å². The van der Waals surface area contributed by atoms with E-state index in [9.17, 15) is 6.18 Å². The Morgan fingerprint density at radius 1 is 0.923 bits per heavy atom. The summed E-state index contributed by atoms with van der Waals surface area (Å²) in [6, 6.07) is 24.0. The van der Waals surface area contributed by atoms with E-state index in [-0.39, 0.29) is 7.92 Å². The van der Waals surface area contributed by atoms with E-state index in [0.717, 1.165) is 0 Å². The predicted octanol–water partition coefficient (Wildman–Crippen LogP) is 6.94. The molecule has 4 aromatic carbocycles. The van der Waals surface area contributed by atoms with Gasteiger partial charge in [0.05, 0.1) is 0 Å². The molecule has 4 aromatic rings. The fraction of sp³-hybridized carbons (Fsp3) is 0.182. The molecule has 0 aliphatic rings. The summed E-state index contributed by atoms with van der Waals surface area (Å²) in [7, 11) is 0.0576. The first-order valence-corrected chi connectivity index (χ1v) is 11.8. The molecule has 0 nitrogen and oxygen atoms in total. The first-order chi connectivity index (χ1) is 12.5. The van der Waals surface area contributed by atoms with Crippen LogP contribution in [0, 0.1) is 13.8 Å². The zero-order chi connectivity index (χ0) is 19.1. The molecule has 0 radical (unpaired) electrons. The summed E-state index contributed by atoms with van der Waals surface area (Å²) in [5.41, 5.74) is 2.74. The van der Waals surface area contributed by atoms with Crippen LogP contribution in [0.1, 0.15) is 11.1 Å². The molecule has 4 heteroatoms. The van der Waals surface area contributed by atoms with Gasteiger partial charge in [0.25, 0.3) is 0 Å². The number of benzene rings is 2. The van der Waals surface area contributed by atoms with E-state index in [2.05, 4.69) is 93.9 Å². The minimum absolute atomic E-state index is 0.0576. The van der Waals surface area contributed by atoms with Gasteiger partial charge in [0.15, 0.2) is 0 Å². The standard InChI is InChI=1S/C11H12P.C11H11.2FH.Ti/c1-12(2)11-7-9-5-3-4-6-10(9)8-11;1-8-6-7-9(2)11-5-3-4-10(8)11;;;/h3-8H,1-2H3;3-7H,1-2H3;2*1H;/q2*-1;;;+2/p-2. The molecule has 136 valence electrons. The average Bonchev–Trinajstić information content (AvgIpc) is 3.27. The van der Waals surface area contributed by atoms with E-state index in [1.807, 2.05) is 0 Å². The molecule has 0 heterocycles. The molecular formula is C22H23F2PTi-2. The van der Waals surface area contributed by atoms with Gasteiger partial charge in [-0.1, -0.05) is 24.6 Å². The first-order valence-electron chi connectivity index (χ1n) is 8.38. The summed E-state index contributed by atoms with van der Waals surface area (Å²) in [4.78, 5) is 0. The summed E-state index contributed by atoms with van der Waals surface area (Å²) >= 11 is -2.50. The number of halogens is 2. The van der Waals surface area contributed by atoms with Crippen LogP contribution < -0.4 is 5.30 Å². The predicted molar refractivity (Wildman–Crippen MR) is 109 cm³/mol. The van der Waals surface area contributed by atoms with E-state index in [1.54, 1.807) is 0 Å². The van der Waals surface area contributed by atoms with Crippen LogP contribution in [0.4, 0.5) is 6.18 Å². The Labute approximate surface area is 166 Å². The van der Waals surface area contributed by atoms with Gasteiger partial charge in [-0.15, -0.1) is 76.7 Å². The van der Waals surface area contributed by atoms with Crippen molar-refractivity contribution in [2.75, 3.05) is 13.3 Å². The third-order valence-corrected chi connectivity index (χ3v) is 5.66. The van der Waals surface area contributed by atoms with Gasteiger partial charge < -0.3 is 0 Å². The van der Waals surface area contributed by atoms with Crippen LogP contribution in [-0.2, 0) is 20.2 Å². The molecule has 0 unspecified atom stereocenters. The van der Waals surface area contributed by atoms with Crippen LogP contribution in [0.25, 0.3) is 21.5 Å². The Morgan fingerprint density at radius 3 is 2.19 bits per heavy atom. The number of hydrogen-bond donors (Lipinski definition) is 0. The molecule has 0 atom stereocenters. The Morgan fingerprint density at radius 2 is 1.58 bits per heavy atom. The molecule has 0 saturated heterocycles. The molecule has 26 heavy (non-hydrogen) atoms. The van der Waals surface area contributed by atoms with Gasteiger partial charge in [-0.3, -0.25) is 0 Å². The van der Waals surface area contributed by atoms with Gasteiger partial charge in [0.2, 0.25) is 0 Å². The normalized spacial score (nSPS) is 10.3. The van der Waals surface area contributed by atoms with E-state index in [1.165, 1.54) is 38.0 Å². The fourth-order valence-corrected chi connectivity index (χ4v) is 3.72. The van der Waals surface area contributed by atoms with Crippen LogP contribution in [-0.4, -0.2) is 13.3 Å². The Bertz CT molecular complexity index is 884. The van der Waals surface area contributed by atoms with Crippen molar-refractivity contribution in [2.45, 2.75) is 13.8 Å². The van der Waals surface area contributed by atoms with Crippen molar-refractivity contribution in [3.05, 3.63) is 77.9 Å². The molecule has 0 amide bonds. The quantitative estimate of drug-likeness (QED) is 0.183. The van der Waals surface area contributed by atoms with Crippen molar-refractivity contribution in [2.24, 2.45) is 0 Å². The van der Waals surface area contributed by atoms with Gasteiger partial charge in [0, 0.05) is 0 Å². The molecule has 4 rings (SSSR count). The molecule has 0 bridgehead atoms. The van der Waals surface area contributed by atoms with Crippen molar-refractivity contribution in [1.82, 2.24) is 0 Å². The van der Waals surface area contributed by atoms with Gasteiger partial charge in [0.1, 0.15) is 0 Å². The topological polar surface area (TPSA) is 0 Å². The van der Waals surface area contributed by atoms with E-state index < -0.39 is 20.2 Å². The van der Waals surface area contributed by atoms with Gasteiger partial charge in [-0.05, 0) is 20.3 Å². The SMILES string of the molecule is CP(C)c1cc2ccccc2[cH-]1.Cc1ccc(C)c2[cH-]ccc12.[F][Ti][F]. The van der Waals surface area contributed by atoms with E-state index >= 15 is 0 Å². The maximum absolute atomic E-state index is 9.75. The molecule has 0 saturated carbocycles. The van der Waals surface area contributed by atoms with Crippen molar-refractivity contribution in [3.63, 3.8) is 0 Å². The third kappa shape index (κ3) is 5.33. The monoisotopic (exact) mass is 404 g/mol. The summed E-state index contributed by atoms with van der Waals surface area (Å²) in [5, 5.41) is 7.05. The van der Waals surface area contributed by atoms with E-state index in [4.69, 9.17) is 0 Å². The van der Waals surface area contributed by atoms with Crippen molar-refractivity contribution >= 4 is 34.8 Å². The summed E-state index contributed by atoms with van der Waals surface area (Å²) in [6.45, 7) is 8.90. The Balaban J connectivity index is 0.000000163. The molecule has 0 N–H and O–H groups in total. The van der Waals surface area contributed by atoms with Crippen LogP contribution in [0.3, 0.4) is 0 Å². The molecule has 0 fully saturated rings.